The summed E-state index contributed by atoms with van der Waals surface area (Å²) in [5.74, 6) is 0.612. The molecule has 0 aliphatic carbocycles. The van der Waals surface area contributed by atoms with Crippen LogP contribution in [0.3, 0.4) is 0 Å². The third kappa shape index (κ3) is 3.87. The number of alkyl halides is 3. The molecule has 0 saturated carbocycles. The molecule has 0 spiro atoms. The fourth-order valence-electron chi connectivity index (χ4n) is 1.83. The number of nitrogens with zero attached hydrogens (tertiary/aromatic N) is 1. The summed E-state index contributed by atoms with van der Waals surface area (Å²) in [6.45, 7) is 2.10. The lowest BCUT2D eigenvalue weighted by Crippen LogP contribution is -2.29. The lowest BCUT2D eigenvalue weighted by molar-refractivity contribution is -0.139. The molecule has 21 heavy (non-hydrogen) atoms. The van der Waals surface area contributed by atoms with E-state index in [1.807, 2.05) is 19.1 Å². The van der Waals surface area contributed by atoms with Crippen LogP contribution in [-0.4, -0.2) is 11.2 Å². The SMILES string of the molecule is Cc1ccc(OCCn2cccc(C(F)(F)F)c2=O)cc1. The number of ether oxygens (including phenoxy) is 1. The summed E-state index contributed by atoms with van der Waals surface area (Å²) in [5, 5.41) is 0. The Balaban J connectivity index is 2.04. The van der Waals surface area contributed by atoms with Gasteiger partial charge in [-0.3, -0.25) is 4.79 Å². The van der Waals surface area contributed by atoms with Gasteiger partial charge in [-0.15, -0.1) is 0 Å². The van der Waals surface area contributed by atoms with Crippen LogP contribution >= 0.6 is 0 Å². The molecule has 0 atom stereocenters. The molecule has 6 heteroatoms. The van der Waals surface area contributed by atoms with Crippen LogP contribution in [0.2, 0.25) is 0 Å². The number of aromatic nitrogens is 1. The molecule has 0 amide bonds. The molecule has 0 radical (unpaired) electrons. The average molecular weight is 297 g/mol. The van der Waals surface area contributed by atoms with E-state index in [1.54, 1.807) is 12.1 Å². The second kappa shape index (κ2) is 6.03. The molecule has 0 saturated heterocycles. The van der Waals surface area contributed by atoms with Crippen LogP contribution in [0, 0.1) is 6.92 Å². The van der Waals surface area contributed by atoms with Gasteiger partial charge in [0, 0.05) is 6.20 Å². The fraction of sp³-hybridized carbons (Fsp3) is 0.267. The van der Waals surface area contributed by atoms with Crippen molar-refractivity contribution < 1.29 is 17.9 Å². The van der Waals surface area contributed by atoms with Crippen LogP contribution in [0.1, 0.15) is 11.1 Å². The predicted octanol–water partition coefficient (Wildman–Crippen LogP) is 3.25. The van der Waals surface area contributed by atoms with Gasteiger partial charge >= 0.3 is 6.18 Å². The summed E-state index contributed by atoms with van der Waals surface area (Å²) in [7, 11) is 0. The van der Waals surface area contributed by atoms with E-state index in [2.05, 4.69) is 0 Å². The van der Waals surface area contributed by atoms with Crippen LogP contribution in [0.25, 0.3) is 0 Å². The molecule has 3 nitrogen and oxygen atoms in total. The number of aryl methyl sites for hydroxylation is 1. The van der Waals surface area contributed by atoms with Gasteiger partial charge in [0.05, 0.1) is 6.54 Å². The zero-order valence-electron chi connectivity index (χ0n) is 11.4. The molecule has 1 heterocycles. The van der Waals surface area contributed by atoms with E-state index in [0.29, 0.717) is 5.75 Å². The third-order valence-electron chi connectivity index (χ3n) is 2.95. The van der Waals surface area contributed by atoms with Crippen molar-refractivity contribution >= 4 is 0 Å². The van der Waals surface area contributed by atoms with Gasteiger partial charge in [0.25, 0.3) is 5.56 Å². The summed E-state index contributed by atoms with van der Waals surface area (Å²) in [6.07, 6.45) is -3.33. The monoisotopic (exact) mass is 297 g/mol. The third-order valence-corrected chi connectivity index (χ3v) is 2.95. The standard InChI is InChI=1S/C15H14F3NO2/c1-11-4-6-12(7-5-11)21-10-9-19-8-2-3-13(14(19)20)15(16,17)18/h2-8H,9-10H2,1H3. The highest BCUT2D eigenvalue weighted by atomic mass is 19.4. The largest absolute Gasteiger partial charge is 0.492 e. The highest BCUT2D eigenvalue weighted by Gasteiger charge is 2.34. The molecule has 2 aromatic rings. The minimum atomic E-state index is -4.64. The van der Waals surface area contributed by atoms with Gasteiger partial charge in [-0.1, -0.05) is 17.7 Å². The summed E-state index contributed by atoms with van der Waals surface area (Å²) in [4.78, 5) is 11.7. The molecular weight excluding hydrogens is 283 g/mol. The highest BCUT2D eigenvalue weighted by Crippen LogP contribution is 2.25. The minimum absolute atomic E-state index is 0.0522. The number of hydrogen-bond acceptors (Lipinski definition) is 2. The quantitative estimate of drug-likeness (QED) is 0.867. The summed E-state index contributed by atoms with van der Waals surface area (Å²) in [5.41, 5.74) is -1.14. The predicted molar refractivity (Wildman–Crippen MR) is 72.4 cm³/mol. The van der Waals surface area contributed by atoms with Crippen LogP contribution in [0.4, 0.5) is 13.2 Å². The molecule has 2 rings (SSSR count). The average Bonchev–Trinajstić information content (AvgIpc) is 2.41. The fourth-order valence-corrected chi connectivity index (χ4v) is 1.83. The van der Waals surface area contributed by atoms with E-state index in [9.17, 15) is 18.0 Å². The molecule has 112 valence electrons. The number of hydrogen-bond donors (Lipinski definition) is 0. The number of halogens is 3. The molecule has 1 aromatic carbocycles. The second-order valence-corrected chi connectivity index (χ2v) is 4.58. The number of rotatable bonds is 4. The Labute approximate surface area is 119 Å². The first-order valence-electron chi connectivity index (χ1n) is 6.34. The van der Waals surface area contributed by atoms with Crippen molar-refractivity contribution in [2.24, 2.45) is 0 Å². The highest BCUT2D eigenvalue weighted by molar-refractivity contribution is 5.26. The molecular formula is C15H14F3NO2. The van der Waals surface area contributed by atoms with Gasteiger partial charge in [-0.05, 0) is 31.2 Å². The lowest BCUT2D eigenvalue weighted by atomic mass is 10.2. The lowest BCUT2D eigenvalue weighted by Gasteiger charge is -2.11. The first kappa shape index (κ1) is 15.2. The maximum Gasteiger partial charge on any atom is 0.421 e. The van der Waals surface area contributed by atoms with Crippen LogP contribution < -0.4 is 10.3 Å². The summed E-state index contributed by atoms with van der Waals surface area (Å²) >= 11 is 0. The molecule has 1 aromatic heterocycles. The Morgan fingerprint density at radius 2 is 1.81 bits per heavy atom. The smallest absolute Gasteiger partial charge is 0.421 e. The van der Waals surface area contributed by atoms with Gasteiger partial charge in [0.2, 0.25) is 0 Å². The van der Waals surface area contributed by atoms with Crippen molar-refractivity contribution in [3.05, 3.63) is 64.1 Å². The Kier molecular flexibility index (Phi) is 4.35. The van der Waals surface area contributed by atoms with E-state index in [0.717, 1.165) is 16.2 Å². The van der Waals surface area contributed by atoms with E-state index in [-0.39, 0.29) is 13.2 Å². The van der Waals surface area contributed by atoms with Gasteiger partial charge < -0.3 is 9.30 Å². The van der Waals surface area contributed by atoms with E-state index < -0.39 is 17.3 Å². The second-order valence-electron chi connectivity index (χ2n) is 4.58. The molecule has 0 fully saturated rings. The Morgan fingerprint density at radius 1 is 1.14 bits per heavy atom. The van der Waals surface area contributed by atoms with Gasteiger partial charge in [-0.25, -0.2) is 0 Å². The van der Waals surface area contributed by atoms with Gasteiger partial charge in [-0.2, -0.15) is 13.2 Å². The van der Waals surface area contributed by atoms with Crippen LogP contribution in [-0.2, 0) is 12.7 Å². The van der Waals surface area contributed by atoms with Crippen molar-refractivity contribution in [2.45, 2.75) is 19.6 Å². The van der Waals surface area contributed by atoms with Crippen molar-refractivity contribution in [1.82, 2.24) is 4.57 Å². The van der Waals surface area contributed by atoms with E-state index >= 15 is 0 Å². The Hall–Kier alpha value is -2.24. The molecule has 0 N–H and O–H groups in total. The molecule has 0 aliphatic rings. The molecule has 0 bridgehead atoms. The number of benzene rings is 1. The first-order chi connectivity index (χ1) is 9.88. The summed E-state index contributed by atoms with van der Waals surface area (Å²) < 4.78 is 44.2. The van der Waals surface area contributed by atoms with Crippen molar-refractivity contribution in [3.63, 3.8) is 0 Å². The van der Waals surface area contributed by atoms with Gasteiger partial charge in [0.1, 0.15) is 17.9 Å². The Bertz CT molecular complexity index is 660. The normalized spacial score (nSPS) is 11.4. The number of pyridine rings is 1. The van der Waals surface area contributed by atoms with Crippen molar-refractivity contribution in [2.75, 3.05) is 6.61 Å². The summed E-state index contributed by atoms with van der Waals surface area (Å²) in [6, 6.07) is 9.25. The zero-order chi connectivity index (χ0) is 15.5. The maximum absolute atomic E-state index is 12.6. The van der Waals surface area contributed by atoms with E-state index in [1.165, 1.54) is 12.3 Å². The zero-order valence-corrected chi connectivity index (χ0v) is 11.4. The molecule has 0 aliphatic heterocycles. The van der Waals surface area contributed by atoms with Crippen LogP contribution in [0.5, 0.6) is 5.75 Å². The van der Waals surface area contributed by atoms with Crippen molar-refractivity contribution in [1.29, 1.82) is 0 Å². The first-order valence-corrected chi connectivity index (χ1v) is 6.34. The minimum Gasteiger partial charge on any atom is -0.492 e. The van der Waals surface area contributed by atoms with E-state index in [4.69, 9.17) is 4.74 Å². The topological polar surface area (TPSA) is 31.2 Å². The van der Waals surface area contributed by atoms with Crippen LogP contribution in [0.15, 0.2) is 47.4 Å². The van der Waals surface area contributed by atoms with Gasteiger partial charge in [0.15, 0.2) is 0 Å². The Morgan fingerprint density at radius 3 is 2.43 bits per heavy atom. The maximum atomic E-state index is 12.6. The molecule has 0 unspecified atom stereocenters. The van der Waals surface area contributed by atoms with Crippen molar-refractivity contribution in [3.8, 4) is 5.75 Å².